The summed E-state index contributed by atoms with van der Waals surface area (Å²) < 4.78 is 28.3. The summed E-state index contributed by atoms with van der Waals surface area (Å²) in [6.07, 6.45) is 2.48. The first-order valence-electron chi connectivity index (χ1n) is 6.61. The van der Waals surface area contributed by atoms with Crippen LogP contribution in [0.2, 0.25) is 0 Å². The largest absolute Gasteiger partial charge is 0.473 e. The van der Waals surface area contributed by atoms with Gasteiger partial charge in [0, 0.05) is 6.04 Å². The fourth-order valence-corrected chi connectivity index (χ4v) is 3.53. The Balaban J connectivity index is 2.06. The number of nitrogens with two attached hydrogens (primary N) is 1. The van der Waals surface area contributed by atoms with Gasteiger partial charge < -0.3 is 15.8 Å². The molecule has 0 spiro atoms. The summed E-state index contributed by atoms with van der Waals surface area (Å²) in [6, 6.07) is 0.0580. The van der Waals surface area contributed by atoms with Crippen LogP contribution in [0.3, 0.4) is 0 Å². The van der Waals surface area contributed by atoms with Crippen LogP contribution < -0.4 is 15.8 Å². The van der Waals surface area contributed by atoms with Gasteiger partial charge in [0.2, 0.25) is 5.88 Å². The summed E-state index contributed by atoms with van der Waals surface area (Å²) in [7, 11) is -2.87. The van der Waals surface area contributed by atoms with E-state index in [4.69, 9.17) is 10.5 Å². The van der Waals surface area contributed by atoms with Gasteiger partial charge in [-0.3, -0.25) is 0 Å². The third kappa shape index (κ3) is 3.72. The third-order valence-corrected chi connectivity index (χ3v) is 4.81. The van der Waals surface area contributed by atoms with Crippen LogP contribution in [0.1, 0.15) is 26.7 Å². The molecule has 0 aliphatic carbocycles. The van der Waals surface area contributed by atoms with E-state index in [-0.39, 0.29) is 23.7 Å². The normalized spacial score (nSPS) is 18.9. The molecular formula is C12H20N4O3S. The highest BCUT2D eigenvalue weighted by Crippen LogP contribution is 2.27. The van der Waals surface area contributed by atoms with Gasteiger partial charge in [-0.25, -0.2) is 13.4 Å². The smallest absolute Gasteiger partial charge is 0.242 e. The average Bonchev–Trinajstić information content (AvgIpc) is 2.36. The summed E-state index contributed by atoms with van der Waals surface area (Å²) >= 11 is 0. The minimum atomic E-state index is -2.87. The first-order valence-corrected chi connectivity index (χ1v) is 8.43. The number of ether oxygens (including phenoxy) is 1. The summed E-state index contributed by atoms with van der Waals surface area (Å²) in [4.78, 5) is 8.10. The van der Waals surface area contributed by atoms with Gasteiger partial charge in [0.1, 0.15) is 21.9 Å². The quantitative estimate of drug-likeness (QED) is 0.848. The van der Waals surface area contributed by atoms with Crippen molar-refractivity contribution in [1.82, 2.24) is 9.97 Å². The third-order valence-electron chi connectivity index (χ3n) is 3.09. The van der Waals surface area contributed by atoms with Crippen molar-refractivity contribution in [2.45, 2.75) is 38.8 Å². The van der Waals surface area contributed by atoms with Crippen LogP contribution in [0.25, 0.3) is 0 Å². The predicted molar refractivity (Wildman–Crippen MR) is 77.5 cm³/mol. The topological polar surface area (TPSA) is 107 Å². The number of nitrogens with one attached hydrogen (secondary N) is 1. The van der Waals surface area contributed by atoms with Crippen molar-refractivity contribution in [3.05, 3.63) is 6.33 Å². The molecule has 1 aliphatic rings. The van der Waals surface area contributed by atoms with Gasteiger partial charge in [0.25, 0.3) is 0 Å². The summed E-state index contributed by atoms with van der Waals surface area (Å²) in [5.41, 5.74) is 6.33. The molecule has 1 saturated heterocycles. The summed E-state index contributed by atoms with van der Waals surface area (Å²) in [5, 5.41) is 3.18. The molecule has 3 N–H and O–H groups in total. The Morgan fingerprint density at radius 1 is 1.35 bits per heavy atom. The maximum atomic E-state index is 11.4. The van der Waals surface area contributed by atoms with Gasteiger partial charge in [-0.1, -0.05) is 0 Å². The molecule has 7 nitrogen and oxygen atoms in total. The minimum absolute atomic E-state index is 0.0279. The molecular weight excluding hydrogens is 280 g/mol. The molecule has 0 amide bonds. The predicted octanol–water partition coefficient (Wildman–Crippen LogP) is 0.835. The summed E-state index contributed by atoms with van der Waals surface area (Å²) in [6.45, 7) is 3.78. The standard InChI is InChI=1S/C12H20N4O3S/c1-8(2)19-12-10(13)11(14-7-15-12)16-9-3-5-20(17,18)6-4-9/h7-9H,3-6,13H2,1-2H3,(H,14,15,16). The van der Waals surface area contributed by atoms with Gasteiger partial charge >= 0.3 is 0 Å². The monoisotopic (exact) mass is 300 g/mol. The van der Waals surface area contributed by atoms with Crippen molar-refractivity contribution in [3.8, 4) is 5.88 Å². The highest BCUT2D eigenvalue weighted by Gasteiger charge is 2.24. The molecule has 2 rings (SSSR count). The first-order chi connectivity index (χ1) is 9.37. The number of rotatable bonds is 4. The molecule has 1 aromatic heterocycles. The molecule has 0 saturated carbocycles. The van der Waals surface area contributed by atoms with E-state index < -0.39 is 9.84 Å². The van der Waals surface area contributed by atoms with Crippen molar-refractivity contribution >= 4 is 21.3 Å². The lowest BCUT2D eigenvalue weighted by Gasteiger charge is -2.24. The Morgan fingerprint density at radius 2 is 2.00 bits per heavy atom. The van der Waals surface area contributed by atoms with Crippen molar-refractivity contribution in [2.75, 3.05) is 22.6 Å². The average molecular weight is 300 g/mol. The second-order valence-electron chi connectivity index (χ2n) is 5.18. The molecule has 0 aromatic carbocycles. The minimum Gasteiger partial charge on any atom is -0.473 e. The van der Waals surface area contributed by atoms with Crippen molar-refractivity contribution in [1.29, 1.82) is 0 Å². The zero-order chi connectivity index (χ0) is 14.8. The molecule has 112 valence electrons. The Bertz CT molecular complexity index is 560. The van der Waals surface area contributed by atoms with Crippen molar-refractivity contribution in [3.63, 3.8) is 0 Å². The maximum absolute atomic E-state index is 11.4. The van der Waals surface area contributed by atoms with Crippen LogP contribution >= 0.6 is 0 Å². The van der Waals surface area contributed by atoms with Gasteiger partial charge in [0.15, 0.2) is 5.82 Å². The Morgan fingerprint density at radius 3 is 2.60 bits per heavy atom. The summed E-state index contributed by atoms with van der Waals surface area (Å²) in [5.74, 6) is 1.25. The van der Waals surface area contributed by atoms with Crippen LogP contribution in [-0.2, 0) is 9.84 Å². The number of aromatic nitrogens is 2. The van der Waals surface area contributed by atoms with E-state index in [1.54, 1.807) is 0 Å². The van der Waals surface area contributed by atoms with Crippen LogP contribution in [-0.4, -0.2) is 42.0 Å². The zero-order valence-electron chi connectivity index (χ0n) is 11.7. The number of nitrogen functional groups attached to an aromatic ring is 1. The van der Waals surface area contributed by atoms with Crippen molar-refractivity contribution in [2.24, 2.45) is 0 Å². The highest BCUT2D eigenvalue weighted by molar-refractivity contribution is 7.91. The lowest BCUT2D eigenvalue weighted by atomic mass is 10.1. The molecule has 1 aliphatic heterocycles. The molecule has 0 unspecified atom stereocenters. The Kier molecular flexibility index (Phi) is 4.32. The number of hydrogen-bond acceptors (Lipinski definition) is 7. The number of hydrogen-bond donors (Lipinski definition) is 2. The van der Waals surface area contributed by atoms with Crippen molar-refractivity contribution < 1.29 is 13.2 Å². The van der Waals surface area contributed by atoms with Gasteiger partial charge in [-0.2, -0.15) is 4.98 Å². The second-order valence-corrected chi connectivity index (χ2v) is 7.48. The fraction of sp³-hybridized carbons (Fsp3) is 0.667. The van der Waals surface area contributed by atoms with E-state index in [9.17, 15) is 8.42 Å². The maximum Gasteiger partial charge on any atom is 0.242 e. The Labute approximate surface area is 118 Å². The molecule has 2 heterocycles. The van der Waals surface area contributed by atoms with Crippen LogP contribution in [0.5, 0.6) is 5.88 Å². The van der Waals surface area contributed by atoms with Gasteiger partial charge in [-0.05, 0) is 26.7 Å². The first kappa shape index (κ1) is 14.8. The second kappa shape index (κ2) is 5.82. The molecule has 0 bridgehead atoms. The molecule has 8 heteroatoms. The lowest BCUT2D eigenvalue weighted by Crippen LogP contribution is -2.32. The molecule has 0 atom stereocenters. The van der Waals surface area contributed by atoms with Crippen LogP contribution in [0, 0.1) is 0 Å². The molecule has 20 heavy (non-hydrogen) atoms. The molecule has 1 fully saturated rings. The van der Waals surface area contributed by atoms with E-state index in [0.29, 0.717) is 30.2 Å². The van der Waals surface area contributed by atoms with Crippen LogP contribution in [0.15, 0.2) is 6.33 Å². The van der Waals surface area contributed by atoms with E-state index in [2.05, 4.69) is 15.3 Å². The van der Waals surface area contributed by atoms with Gasteiger partial charge in [-0.15, -0.1) is 0 Å². The SMILES string of the molecule is CC(C)Oc1ncnc(NC2CCS(=O)(=O)CC2)c1N. The van der Waals surface area contributed by atoms with E-state index in [0.717, 1.165) is 0 Å². The molecule has 0 radical (unpaired) electrons. The fourth-order valence-electron chi connectivity index (χ4n) is 2.04. The highest BCUT2D eigenvalue weighted by atomic mass is 32.2. The number of sulfone groups is 1. The van der Waals surface area contributed by atoms with Crippen LogP contribution in [0.4, 0.5) is 11.5 Å². The van der Waals surface area contributed by atoms with E-state index >= 15 is 0 Å². The number of anilines is 2. The van der Waals surface area contributed by atoms with E-state index in [1.165, 1.54) is 6.33 Å². The lowest BCUT2D eigenvalue weighted by molar-refractivity contribution is 0.234. The van der Waals surface area contributed by atoms with E-state index in [1.807, 2.05) is 13.8 Å². The van der Waals surface area contributed by atoms with Gasteiger partial charge in [0.05, 0.1) is 17.6 Å². The molecule has 1 aromatic rings. The zero-order valence-corrected chi connectivity index (χ0v) is 12.5. The Hall–Kier alpha value is -1.57. The number of nitrogens with zero attached hydrogens (tertiary/aromatic N) is 2.